The van der Waals surface area contributed by atoms with Gasteiger partial charge in [0.2, 0.25) is 0 Å². The van der Waals surface area contributed by atoms with Gasteiger partial charge in [-0.15, -0.1) is 0 Å². The Bertz CT molecular complexity index is 153. The second-order valence-electron chi connectivity index (χ2n) is 6.55. The molecule has 15 heavy (non-hydrogen) atoms. The normalized spacial score (nSPS) is 13.2. The van der Waals surface area contributed by atoms with Crippen LogP contribution in [0.1, 0.15) is 73.6 Å². The van der Waals surface area contributed by atoms with Crippen molar-refractivity contribution in [2.45, 2.75) is 79.2 Å². The van der Waals surface area contributed by atoms with Crippen molar-refractivity contribution >= 4 is 0 Å². The van der Waals surface area contributed by atoms with E-state index >= 15 is 0 Å². The van der Waals surface area contributed by atoms with Gasteiger partial charge < -0.3 is 5.32 Å². The maximum Gasteiger partial charge on any atom is 0.00965 e. The van der Waals surface area contributed by atoms with Crippen molar-refractivity contribution in [1.29, 1.82) is 0 Å². The van der Waals surface area contributed by atoms with Crippen molar-refractivity contribution in [2.75, 3.05) is 6.54 Å². The number of rotatable bonds is 7. The summed E-state index contributed by atoms with van der Waals surface area (Å²) in [7, 11) is 0. The van der Waals surface area contributed by atoms with E-state index in [4.69, 9.17) is 0 Å². The average Bonchev–Trinajstić information content (AvgIpc) is 2.00. The number of unbranched alkanes of at least 4 members (excludes halogenated alkanes) is 1. The van der Waals surface area contributed by atoms with E-state index in [1.165, 1.54) is 32.1 Å². The summed E-state index contributed by atoms with van der Waals surface area (Å²) in [6.07, 6.45) is 6.71. The van der Waals surface area contributed by atoms with E-state index in [0.717, 1.165) is 6.54 Å². The third kappa shape index (κ3) is 10.2. The quantitative estimate of drug-likeness (QED) is 0.619. The molecule has 0 aromatic carbocycles. The summed E-state index contributed by atoms with van der Waals surface area (Å²) in [4.78, 5) is 0. The minimum Gasteiger partial charge on any atom is -0.312 e. The van der Waals surface area contributed by atoms with Crippen LogP contribution in [0.25, 0.3) is 0 Å². The molecule has 0 aliphatic heterocycles. The Morgan fingerprint density at radius 1 is 0.867 bits per heavy atom. The monoisotopic (exact) mass is 213 g/mol. The minimum atomic E-state index is 0.277. The Labute approximate surface area is 97.0 Å². The highest BCUT2D eigenvalue weighted by Crippen LogP contribution is 2.28. The molecule has 0 aliphatic carbocycles. The molecule has 0 saturated heterocycles. The van der Waals surface area contributed by atoms with Gasteiger partial charge in [-0.1, -0.05) is 33.6 Å². The largest absolute Gasteiger partial charge is 0.312 e. The molecule has 0 saturated carbocycles. The maximum absolute atomic E-state index is 3.54. The summed E-state index contributed by atoms with van der Waals surface area (Å²) in [6.45, 7) is 14.9. The molecule has 0 aromatic rings. The van der Waals surface area contributed by atoms with Gasteiger partial charge in [0.15, 0.2) is 0 Å². The Morgan fingerprint density at radius 3 is 1.93 bits per heavy atom. The first-order chi connectivity index (χ1) is 6.77. The second kappa shape index (κ2) is 6.52. The lowest BCUT2D eigenvalue weighted by Crippen LogP contribution is -2.36. The van der Waals surface area contributed by atoms with Gasteiger partial charge in [-0.3, -0.25) is 0 Å². The summed E-state index contributed by atoms with van der Waals surface area (Å²) in [6, 6.07) is 0. The Kier molecular flexibility index (Phi) is 6.51. The molecule has 0 radical (unpaired) electrons. The fraction of sp³-hybridized carbons (Fsp3) is 1.00. The molecule has 1 nitrogen and oxygen atoms in total. The third-order valence-corrected chi connectivity index (χ3v) is 2.86. The van der Waals surface area contributed by atoms with Crippen LogP contribution in [-0.2, 0) is 0 Å². The topological polar surface area (TPSA) is 12.0 Å². The molecule has 0 heterocycles. The fourth-order valence-corrected chi connectivity index (χ4v) is 1.99. The lowest BCUT2D eigenvalue weighted by atomic mass is 9.83. The number of hydrogen-bond acceptors (Lipinski definition) is 1. The molecule has 0 unspecified atom stereocenters. The van der Waals surface area contributed by atoms with Gasteiger partial charge in [-0.05, 0) is 52.0 Å². The first-order valence-electron chi connectivity index (χ1n) is 6.52. The van der Waals surface area contributed by atoms with Crippen molar-refractivity contribution in [3.63, 3.8) is 0 Å². The van der Waals surface area contributed by atoms with E-state index in [1.807, 2.05) is 0 Å². The zero-order valence-corrected chi connectivity index (χ0v) is 11.7. The van der Waals surface area contributed by atoms with Gasteiger partial charge in [0.05, 0.1) is 0 Å². The fourth-order valence-electron chi connectivity index (χ4n) is 1.99. The predicted molar refractivity (Wildman–Crippen MR) is 70.3 cm³/mol. The molecule has 0 aromatic heterocycles. The molecule has 1 heteroatoms. The van der Waals surface area contributed by atoms with E-state index in [-0.39, 0.29) is 5.54 Å². The Balaban J connectivity index is 3.46. The smallest absolute Gasteiger partial charge is 0.00965 e. The number of hydrogen-bond donors (Lipinski definition) is 1. The van der Waals surface area contributed by atoms with Crippen molar-refractivity contribution in [2.24, 2.45) is 5.41 Å². The van der Waals surface area contributed by atoms with Crippen LogP contribution in [0.5, 0.6) is 0 Å². The highest BCUT2D eigenvalue weighted by atomic mass is 14.9. The van der Waals surface area contributed by atoms with Crippen LogP contribution in [0.3, 0.4) is 0 Å². The lowest BCUT2D eigenvalue weighted by molar-refractivity contribution is 0.289. The van der Waals surface area contributed by atoms with Gasteiger partial charge in [-0.25, -0.2) is 0 Å². The minimum absolute atomic E-state index is 0.277. The van der Waals surface area contributed by atoms with Crippen molar-refractivity contribution < 1.29 is 0 Å². The van der Waals surface area contributed by atoms with Crippen LogP contribution in [0, 0.1) is 5.41 Å². The van der Waals surface area contributed by atoms with Crippen LogP contribution in [0.15, 0.2) is 0 Å². The first kappa shape index (κ1) is 15.0. The summed E-state index contributed by atoms with van der Waals surface area (Å²) in [5.41, 5.74) is 0.829. The molecular weight excluding hydrogens is 182 g/mol. The van der Waals surface area contributed by atoms with Crippen LogP contribution < -0.4 is 5.32 Å². The zero-order chi connectivity index (χ0) is 11.9. The summed E-state index contributed by atoms with van der Waals surface area (Å²) < 4.78 is 0. The number of nitrogens with one attached hydrogen (secondary N) is 1. The highest BCUT2D eigenvalue weighted by Gasteiger charge is 2.15. The van der Waals surface area contributed by atoms with Gasteiger partial charge in [0, 0.05) is 5.54 Å². The van der Waals surface area contributed by atoms with Gasteiger partial charge in [0.1, 0.15) is 0 Å². The summed E-state index contributed by atoms with van der Waals surface area (Å²) >= 11 is 0. The first-order valence-corrected chi connectivity index (χ1v) is 6.52. The molecule has 1 N–H and O–H groups in total. The van der Waals surface area contributed by atoms with E-state index in [2.05, 4.69) is 46.9 Å². The van der Waals surface area contributed by atoms with Crippen LogP contribution in [-0.4, -0.2) is 12.1 Å². The van der Waals surface area contributed by atoms with Crippen LogP contribution in [0.4, 0.5) is 0 Å². The lowest BCUT2D eigenvalue weighted by Gasteiger charge is -2.25. The molecule has 0 fully saturated rings. The Hall–Kier alpha value is -0.0400. The molecule has 0 aliphatic rings. The van der Waals surface area contributed by atoms with Crippen molar-refractivity contribution in [3.8, 4) is 0 Å². The highest BCUT2D eigenvalue weighted by molar-refractivity contribution is 4.71. The van der Waals surface area contributed by atoms with Crippen LogP contribution in [0.2, 0.25) is 0 Å². The van der Waals surface area contributed by atoms with E-state index in [9.17, 15) is 0 Å². The summed E-state index contributed by atoms with van der Waals surface area (Å²) in [5.74, 6) is 0. The zero-order valence-electron chi connectivity index (χ0n) is 11.7. The molecule has 0 bridgehead atoms. The van der Waals surface area contributed by atoms with Crippen molar-refractivity contribution in [3.05, 3.63) is 0 Å². The second-order valence-corrected chi connectivity index (χ2v) is 6.55. The van der Waals surface area contributed by atoms with E-state index < -0.39 is 0 Å². The SMILES string of the molecule is CCCC(C)(C)CCCCNC(C)(C)C. The van der Waals surface area contributed by atoms with Crippen molar-refractivity contribution in [1.82, 2.24) is 5.32 Å². The molecule has 0 spiro atoms. The predicted octanol–water partition coefficient (Wildman–Crippen LogP) is 4.37. The van der Waals surface area contributed by atoms with Gasteiger partial charge >= 0.3 is 0 Å². The molecular formula is C14H31N. The van der Waals surface area contributed by atoms with Crippen LogP contribution >= 0.6 is 0 Å². The van der Waals surface area contributed by atoms with Gasteiger partial charge in [0.25, 0.3) is 0 Å². The molecule has 0 amide bonds. The third-order valence-electron chi connectivity index (χ3n) is 2.86. The Morgan fingerprint density at radius 2 is 1.47 bits per heavy atom. The molecule has 92 valence electrons. The maximum atomic E-state index is 3.54. The van der Waals surface area contributed by atoms with E-state index in [1.54, 1.807) is 0 Å². The summed E-state index contributed by atoms with van der Waals surface area (Å²) in [5, 5.41) is 3.54. The van der Waals surface area contributed by atoms with E-state index in [0.29, 0.717) is 5.41 Å². The standard InChI is InChI=1S/C14H31N/c1-7-10-14(5,6)11-8-9-12-15-13(2,3)4/h15H,7-12H2,1-6H3. The van der Waals surface area contributed by atoms with Gasteiger partial charge in [-0.2, -0.15) is 0 Å². The average molecular weight is 213 g/mol. The molecule has 0 rings (SSSR count). The molecule has 0 atom stereocenters.